The van der Waals surface area contributed by atoms with Crippen molar-refractivity contribution in [2.45, 2.75) is 40.4 Å². The van der Waals surface area contributed by atoms with Crippen molar-refractivity contribution in [3.8, 4) is 0 Å². The summed E-state index contributed by atoms with van der Waals surface area (Å²) in [5, 5.41) is 0. The Kier molecular flexibility index (Phi) is 3.31. The van der Waals surface area contributed by atoms with Crippen LogP contribution in [-0.2, 0) is 0 Å². The Morgan fingerprint density at radius 3 is 1.89 bits per heavy atom. The van der Waals surface area contributed by atoms with E-state index in [1.54, 1.807) is 0 Å². The summed E-state index contributed by atoms with van der Waals surface area (Å²) in [5.41, 5.74) is 0.564. The molecule has 0 heterocycles. The highest BCUT2D eigenvalue weighted by atomic mass is 14.2. The molecule has 9 heavy (non-hydrogen) atoms. The van der Waals surface area contributed by atoms with Crippen molar-refractivity contribution < 1.29 is 0 Å². The van der Waals surface area contributed by atoms with Crippen LogP contribution in [0.1, 0.15) is 34.1 Å². The number of hydrogen-bond donors (Lipinski definition) is 0. The Labute approximate surface area is 60.4 Å². The summed E-state index contributed by atoms with van der Waals surface area (Å²) < 4.78 is 0. The fourth-order valence-electron chi connectivity index (χ4n) is 1.25. The van der Waals surface area contributed by atoms with Gasteiger partial charge in [-0.15, -0.1) is 0 Å². The van der Waals surface area contributed by atoms with E-state index in [0.29, 0.717) is 5.41 Å². The van der Waals surface area contributed by atoms with E-state index in [1.165, 1.54) is 12.7 Å². The predicted octanol–water partition coefficient (Wildman–Crippen LogP) is 2.11. The molecule has 0 saturated heterocycles. The molecule has 0 aromatic carbocycles. The molecule has 0 aliphatic heterocycles. The highest BCUT2D eigenvalue weighted by Crippen LogP contribution is 2.27. The van der Waals surface area contributed by atoms with Gasteiger partial charge in [0, 0.05) is 0 Å². The quantitative estimate of drug-likeness (QED) is 0.508. The van der Waals surface area contributed by atoms with Crippen LogP contribution in [0.15, 0.2) is 0 Å². The summed E-state index contributed by atoms with van der Waals surface area (Å²) in [7, 11) is 2.27. The number of hydrogen-bond acceptors (Lipinski definition) is 0. The van der Waals surface area contributed by atoms with Crippen LogP contribution in [-0.4, -0.2) is 7.85 Å². The second-order valence-electron chi connectivity index (χ2n) is 4.12. The lowest BCUT2D eigenvalue weighted by Gasteiger charge is -2.24. The minimum Gasteiger partial charge on any atom is -0.0760 e. The minimum absolute atomic E-state index is 0.564. The van der Waals surface area contributed by atoms with Crippen molar-refractivity contribution in [3.63, 3.8) is 0 Å². The molecule has 0 aromatic heterocycles. The highest BCUT2D eigenvalue weighted by Gasteiger charge is 2.15. The molecular formula is C8H19B. The Balaban J connectivity index is 3.58. The molecule has 0 radical (unpaired) electrons. The molecule has 54 valence electrons. The van der Waals surface area contributed by atoms with Crippen LogP contribution < -0.4 is 0 Å². The molecule has 0 N–H and O–H groups in total. The lowest BCUT2D eigenvalue weighted by atomic mass is 9.74. The van der Waals surface area contributed by atoms with Gasteiger partial charge in [-0.25, -0.2) is 0 Å². The summed E-state index contributed by atoms with van der Waals surface area (Å²) >= 11 is 0. The smallest absolute Gasteiger partial charge is 0.0760 e. The van der Waals surface area contributed by atoms with Gasteiger partial charge in [0.05, 0.1) is 0 Å². The van der Waals surface area contributed by atoms with Crippen LogP contribution in [0.2, 0.25) is 6.32 Å². The van der Waals surface area contributed by atoms with Gasteiger partial charge in [0.2, 0.25) is 0 Å². The van der Waals surface area contributed by atoms with Gasteiger partial charge < -0.3 is 0 Å². The molecule has 0 rings (SSSR count). The Morgan fingerprint density at radius 1 is 1.33 bits per heavy atom. The van der Waals surface area contributed by atoms with E-state index in [9.17, 15) is 0 Å². The number of rotatable bonds is 3. The molecule has 0 bridgehead atoms. The van der Waals surface area contributed by atoms with E-state index >= 15 is 0 Å². The Morgan fingerprint density at radius 2 is 1.78 bits per heavy atom. The summed E-state index contributed by atoms with van der Waals surface area (Å²) in [4.78, 5) is 0. The van der Waals surface area contributed by atoms with Crippen molar-refractivity contribution in [1.29, 1.82) is 0 Å². The van der Waals surface area contributed by atoms with Crippen LogP contribution in [0.4, 0.5) is 0 Å². The lowest BCUT2D eigenvalue weighted by Crippen LogP contribution is -2.13. The Bertz CT molecular complexity index is 74.6. The zero-order chi connectivity index (χ0) is 7.49. The van der Waals surface area contributed by atoms with E-state index < -0.39 is 0 Å². The molecule has 0 unspecified atom stereocenters. The van der Waals surface area contributed by atoms with Crippen LogP contribution in [0.5, 0.6) is 0 Å². The third kappa shape index (κ3) is 4.56. The van der Waals surface area contributed by atoms with Crippen LogP contribution in [0.25, 0.3) is 0 Å². The van der Waals surface area contributed by atoms with E-state index in [1.807, 2.05) is 0 Å². The maximum atomic E-state index is 2.34. The summed E-state index contributed by atoms with van der Waals surface area (Å²) in [5.74, 6) is 0.847. The molecular weight excluding hydrogens is 107 g/mol. The fourth-order valence-corrected chi connectivity index (χ4v) is 1.25. The first-order valence-corrected chi connectivity index (χ1v) is 3.98. The normalized spacial score (nSPS) is 12.6. The third-order valence-corrected chi connectivity index (χ3v) is 1.92. The van der Waals surface area contributed by atoms with E-state index in [-0.39, 0.29) is 0 Å². The van der Waals surface area contributed by atoms with Crippen LogP contribution >= 0.6 is 0 Å². The van der Waals surface area contributed by atoms with Gasteiger partial charge in [0.25, 0.3) is 0 Å². The first-order valence-electron chi connectivity index (χ1n) is 3.98. The standard InChI is InChI=1S/C8H19B/c1-7(2)5-8(3,4)6-9/h7H,5-6,9H2,1-4H3. The fraction of sp³-hybridized carbons (Fsp3) is 1.00. The largest absolute Gasteiger partial charge is 0.102 e. The maximum Gasteiger partial charge on any atom is 0.102 e. The Hall–Kier alpha value is 0.0649. The molecule has 0 amide bonds. The second kappa shape index (κ2) is 3.29. The van der Waals surface area contributed by atoms with Gasteiger partial charge in [-0.05, 0) is 17.8 Å². The lowest BCUT2D eigenvalue weighted by molar-refractivity contribution is 0.321. The summed E-state index contributed by atoms with van der Waals surface area (Å²) in [6, 6.07) is 0. The molecule has 0 saturated carbocycles. The van der Waals surface area contributed by atoms with Crippen molar-refractivity contribution in [2.24, 2.45) is 11.3 Å². The van der Waals surface area contributed by atoms with Gasteiger partial charge in [-0.3, -0.25) is 0 Å². The van der Waals surface area contributed by atoms with Crippen molar-refractivity contribution >= 4 is 7.85 Å². The average molecular weight is 126 g/mol. The summed E-state index contributed by atoms with van der Waals surface area (Å²) in [6.45, 7) is 9.26. The van der Waals surface area contributed by atoms with E-state index in [2.05, 4.69) is 35.5 Å². The molecule has 0 spiro atoms. The zero-order valence-electron chi connectivity index (χ0n) is 7.49. The van der Waals surface area contributed by atoms with Crippen molar-refractivity contribution in [2.75, 3.05) is 0 Å². The van der Waals surface area contributed by atoms with E-state index in [0.717, 1.165) is 5.92 Å². The van der Waals surface area contributed by atoms with Gasteiger partial charge in [-0.1, -0.05) is 34.0 Å². The summed E-state index contributed by atoms with van der Waals surface area (Å²) in [6.07, 6.45) is 2.65. The SMILES string of the molecule is BCC(C)(C)CC(C)C. The third-order valence-electron chi connectivity index (χ3n) is 1.92. The van der Waals surface area contributed by atoms with Crippen LogP contribution in [0.3, 0.4) is 0 Å². The molecule has 0 aliphatic rings. The van der Waals surface area contributed by atoms with Gasteiger partial charge in [-0.2, -0.15) is 0 Å². The monoisotopic (exact) mass is 126 g/mol. The molecule has 0 aromatic rings. The molecule has 1 heteroatoms. The molecule has 0 aliphatic carbocycles. The van der Waals surface area contributed by atoms with E-state index in [4.69, 9.17) is 0 Å². The predicted molar refractivity (Wildman–Crippen MR) is 46.6 cm³/mol. The van der Waals surface area contributed by atoms with Crippen LogP contribution in [0, 0.1) is 11.3 Å². The first kappa shape index (κ1) is 9.06. The topological polar surface area (TPSA) is 0 Å². The second-order valence-corrected chi connectivity index (χ2v) is 4.12. The van der Waals surface area contributed by atoms with Gasteiger partial charge in [0.1, 0.15) is 7.85 Å². The molecule has 0 fully saturated rings. The maximum absolute atomic E-state index is 2.34. The minimum atomic E-state index is 0.564. The van der Waals surface area contributed by atoms with Gasteiger partial charge >= 0.3 is 0 Å². The van der Waals surface area contributed by atoms with Gasteiger partial charge in [0.15, 0.2) is 0 Å². The van der Waals surface area contributed by atoms with Crippen molar-refractivity contribution in [3.05, 3.63) is 0 Å². The molecule has 0 nitrogen and oxygen atoms in total. The average Bonchev–Trinajstić information content (AvgIpc) is 1.63. The van der Waals surface area contributed by atoms with Crippen molar-refractivity contribution in [1.82, 2.24) is 0 Å². The first-order chi connectivity index (χ1) is 3.98. The highest BCUT2D eigenvalue weighted by molar-refractivity contribution is 6.08. The molecule has 0 atom stereocenters. The zero-order valence-corrected chi connectivity index (χ0v) is 7.49.